The number of rotatable bonds is 5. The molecule has 21 heavy (non-hydrogen) atoms. The van der Waals surface area contributed by atoms with Crippen molar-refractivity contribution in [2.24, 2.45) is 0 Å². The molecule has 0 aliphatic rings. The van der Waals surface area contributed by atoms with Crippen molar-refractivity contribution in [2.75, 3.05) is 11.9 Å². The number of carbonyl (C=O) groups is 2. The molecule has 2 rings (SSSR count). The lowest BCUT2D eigenvalue weighted by Crippen LogP contribution is -2.27. The number of anilines is 1. The fraction of sp³-hybridized carbons (Fsp3) is 0.214. The van der Waals surface area contributed by atoms with Gasteiger partial charge in [0.1, 0.15) is 5.69 Å². The average Bonchev–Trinajstić information content (AvgIpc) is 2.97. The number of aryl methyl sites for hydroxylation is 1. The lowest BCUT2D eigenvalue weighted by Gasteiger charge is -2.09. The normalized spacial score (nSPS) is 10.2. The van der Waals surface area contributed by atoms with Gasteiger partial charge in [-0.05, 0) is 24.6 Å². The Morgan fingerprint density at radius 2 is 2.19 bits per heavy atom. The Bertz CT molecular complexity index is 644. The number of carbonyl (C=O) groups excluding carboxylic acids is 2. The molecule has 0 atom stereocenters. The van der Waals surface area contributed by atoms with E-state index in [0.717, 1.165) is 15.7 Å². The van der Waals surface area contributed by atoms with Gasteiger partial charge in [-0.3, -0.25) is 9.59 Å². The van der Waals surface area contributed by atoms with Crippen molar-refractivity contribution in [1.29, 1.82) is 0 Å². The van der Waals surface area contributed by atoms with Crippen molar-refractivity contribution in [3.8, 4) is 0 Å². The second kappa shape index (κ2) is 7.33. The van der Waals surface area contributed by atoms with Gasteiger partial charge in [-0.15, -0.1) is 11.3 Å². The second-order valence-electron chi connectivity index (χ2n) is 4.39. The van der Waals surface area contributed by atoms with Gasteiger partial charge in [0.05, 0.1) is 5.51 Å². The van der Waals surface area contributed by atoms with Crippen LogP contribution in [0.5, 0.6) is 0 Å². The molecule has 0 fully saturated rings. The summed E-state index contributed by atoms with van der Waals surface area (Å²) in [5, 5.41) is 7.16. The lowest BCUT2D eigenvalue weighted by molar-refractivity contribution is -0.116. The van der Waals surface area contributed by atoms with Gasteiger partial charge in [-0.25, -0.2) is 4.98 Å². The van der Waals surface area contributed by atoms with Crippen molar-refractivity contribution >= 4 is 44.8 Å². The minimum atomic E-state index is -0.261. The lowest BCUT2D eigenvalue weighted by atomic mass is 10.2. The van der Waals surface area contributed by atoms with Crippen molar-refractivity contribution in [2.45, 2.75) is 13.3 Å². The van der Waals surface area contributed by atoms with Crippen LogP contribution in [0.1, 0.15) is 22.5 Å². The summed E-state index contributed by atoms with van der Waals surface area (Å²) in [7, 11) is 0. The molecule has 0 aliphatic carbocycles. The molecule has 0 unspecified atom stereocenters. The van der Waals surface area contributed by atoms with Crippen LogP contribution in [0.4, 0.5) is 5.69 Å². The van der Waals surface area contributed by atoms with Crippen LogP contribution >= 0.6 is 27.3 Å². The number of halogens is 1. The third kappa shape index (κ3) is 4.64. The predicted octanol–water partition coefficient (Wildman–Crippen LogP) is 2.97. The Morgan fingerprint density at radius 1 is 1.38 bits per heavy atom. The van der Waals surface area contributed by atoms with Gasteiger partial charge in [0.15, 0.2) is 0 Å². The van der Waals surface area contributed by atoms with Crippen LogP contribution in [-0.2, 0) is 4.79 Å². The largest absolute Gasteiger partial charge is 0.350 e. The Hall–Kier alpha value is -1.73. The predicted molar refractivity (Wildman–Crippen MR) is 86.6 cm³/mol. The first kappa shape index (κ1) is 15.7. The third-order valence-corrected chi connectivity index (χ3v) is 3.86. The van der Waals surface area contributed by atoms with Gasteiger partial charge in [-0.2, -0.15) is 0 Å². The van der Waals surface area contributed by atoms with E-state index in [1.165, 1.54) is 11.3 Å². The molecule has 1 aromatic heterocycles. The van der Waals surface area contributed by atoms with Gasteiger partial charge in [0, 0.05) is 28.5 Å². The zero-order valence-electron chi connectivity index (χ0n) is 11.4. The summed E-state index contributed by atoms with van der Waals surface area (Å²) in [4.78, 5) is 27.4. The first-order chi connectivity index (χ1) is 10.1. The molecule has 7 heteroatoms. The standard InChI is InChI=1S/C14H14BrN3O2S/c1-9-2-3-10(15)6-11(9)18-13(19)4-5-16-14(20)12-7-21-8-17-12/h2-3,6-8H,4-5H2,1H3,(H,16,20)(H,18,19). The SMILES string of the molecule is Cc1ccc(Br)cc1NC(=O)CCNC(=O)c1cscn1. The van der Waals surface area contributed by atoms with E-state index in [-0.39, 0.29) is 24.8 Å². The van der Waals surface area contributed by atoms with Crippen LogP contribution in [0.3, 0.4) is 0 Å². The number of thiazole rings is 1. The highest BCUT2D eigenvalue weighted by Crippen LogP contribution is 2.20. The number of benzene rings is 1. The van der Waals surface area contributed by atoms with E-state index >= 15 is 0 Å². The van der Waals surface area contributed by atoms with Crippen molar-refractivity contribution in [3.05, 3.63) is 44.8 Å². The Balaban J connectivity index is 1.80. The van der Waals surface area contributed by atoms with Crippen LogP contribution in [0.25, 0.3) is 0 Å². The molecule has 0 bridgehead atoms. The summed E-state index contributed by atoms with van der Waals surface area (Å²) in [6.07, 6.45) is 0.210. The number of hydrogen-bond donors (Lipinski definition) is 2. The summed E-state index contributed by atoms with van der Waals surface area (Å²) in [6, 6.07) is 5.68. The van der Waals surface area contributed by atoms with Crippen LogP contribution in [-0.4, -0.2) is 23.3 Å². The summed E-state index contributed by atoms with van der Waals surface area (Å²) >= 11 is 4.72. The molecule has 110 valence electrons. The molecule has 5 nitrogen and oxygen atoms in total. The van der Waals surface area contributed by atoms with Crippen molar-refractivity contribution < 1.29 is 9.59 Å². The van der Waals surface area contributed by atoms with Crippen LogP contribution in [0.15, 0.2) is 33.6 Å². The Morgan fingerprint density at radius 3 is 2.90 bits per heavy atom. The van der Waals surface area contributed by atoms with Crippen LogP contribution < -0.4 is 10.6 Å². The molecule has 0 saturated heterocycles. The van der Waals surface area contributed by atoms with Gasteiger partial charge in [0.2, 0.25) is 5.91 Å². The average molecular weight is 368 g/mol. The molecular formula is C14H14BrN3O2S. The highest BCUT2D eigenvalue weighted by molar-refractivity contribution is 9.10. The van der Waals surface area contributed by atoms with Gasteiger partial charge < -0.3 is 10.6 Å². The maximum atomic E-state index is 11.9. The molecule has 1 heterocycles. The van der Waals surface area contributed by atoms with E-state index < -0.39 is 0 Å². The zero-order valence-corrected chi connectivity index (χ0v) is 13.8. The highest BCUT2D eigenvalue weighted by Gasteiger charge is 2.09. The highest BCUT2D eigenvalue weighted by atomic mass is 79.9. The topological polar surface area (TPSA) is 71.1 Å². The maximum absolute atomic E-state index is 11.9. The Labute approximate surface area is 134 Å². The van der Waals surface area contributed by atoms with Gasteiger partial charge in [-0.1, -0.05) is 22.0 Å². The summed E-state index contributed by atoms with van der Waals surface area (Å²) in [5.41, 5.74) is 3.72. The monoisotopic (exact) mass is 367 g/mol. The fourth-order valence-corrected chi connectivity index (χ4v) is 2.54. The molecule has 1 aromatic carbocycles. The minimum Gasteiger partial charge on any atom is -0.350 e. The van der Waals surface area contributed by atoms with Crippen LogP contribution in [0, 0.1) is 6.92 Å². The first-order valence-corrected chi connectivity index (χ1v) is 8.02. The summed E-state index contributed by atoms with van der Waals surface area (Å²) in [6.45, 7) is 2.20. The van der Waals surface area contributed by atoms with Gasteiger partial charge in [0.25, 0.3) is 5.91 Å². The number of nitrogens with zero attached hydrogens (tertiary/aromatic N) is 1. The third-order valence-electron chi connectivity index (χ3n) is 2.78. The van der Waals surface area contributed by atoms with E-state index in [4.69, 9.17) is 0 Å². The molecular weight excluding hydrogens is 354 g/mol. The maximum Gasteiger partial charge on any atom is 0.270 e. The smallest absolute Gasteiger partial charge is 0.270 e. The van der Waals surface area contributed by atoms with E-state index in [2.05, 4.69) is 31.5 Å². The van der Waals surface area contributed by atoms with Crippen LogP contribution in [0.2, 0.25) is 0 Å². The number of aromatic nitrogens is 1. The van der Waals surface area contributed by atoms with Crippen molar-refractivity contribution in [1.82, 2.24) is 10.3 Å². The molecule has 0 saturated carbocycles. The summed E-state index contributed by atoms with van der Waals surface area (Å²) < 4.78 is 0.903. The molecule has 2 aromatic rings. The zero-order chi connectivity index (χ0) is 15.2. The van der Waals surface area contributed by atoms with E-state index in [0.29, 0.717) is 5.69 Å². The summed E-state index contributed by atoms with van der Waals surface area (Å²) in [5.74, 6) is -0.405. The van der Waals surface area contributed by atoms with E-state index in [1.54, 1.807) is 10.9 Å². The first-order valence-electron chi connectivity index (χ1n) is 6.28. The fourth-order valence-electron chi connectivity index (χ4n) is 1.65. The number of nitrogens with one attached hydrogen (secondary N) is 2. The molecule has 0 spiro atoms. The molecule has 2 amide bonds. The van der Waals surface area contributed by atoms with E-state index in [1.807, 2.05) is 25.1 Å². The van der Waals surface area contributed by atoms with Gasteiger partial charge >= 0.3 is 0 Å². The molecule has 0 aliphatic heterocycles. The minimum absolute atomic E-state index is 0.144. The number of amides is 2. The number of hydrogen-bond acceptors (Lipinski definition) is 4. The second-order valence-corrected chi connectivity index (χ2v) is 6.02. The molecule has 0 radical (unpaired) electrons. The van der Waals surface area contributed by atoms with Crippen molar-refractivity contribution in [3.63, 3.8) is 0 Å². The quantitative estimate of drug-likeness (QED) is 0.853. The Kier molecular flexibility index (Phi) is 5.46. The molecule has 2 N–H and O–H groups in total. The van der Waals surface area contributed by atoms with E-state index in [9.17, 15) is 9.59 Å².